The van der Waals surface area contributed by atoms with Crippen molar-refractivity contribution in [2.45, 2.75) is 68.7 Å². The maximum absolute atomic E-state index is 13.2. The lowest BCUT2D eigenvalue weighted by Gasteiger charge is -2.28. The molecule has 2 aromatic carbocycles. The number of sulfonamides is 1. The van der Waals surface area contributed by atoms with Gasteiger partial charge < -0.3 is 4.74 Å². The van der Waals surface area contributed by atoms with E-state index in [9.17, 15) is 13.2 Å². The van der Waals surface area contributed by atoms with Crippen LogP contribution in [0.4, 0.5) is 0 Å². The Morgan fingerprint density at radius 2 is 1.66 bits per heavy atom. The third-order valence-electron chi connectivity index (χ3n) is 6.19. The summed E-state index contributed by atoms with van der Waals surface area (Å²) < 4.78 is 34.0. The van der Waals surface area contributed by atoms with Crippen molar-refractivity contribution in [1.29, 1.82) is 0 Å². The van der Waals surface area contributed by atoms with E-state index in [0.29, 0.717) is 11.4 Å². The largest absolute Gasteiger partial charge is 0.469 e. The van der Waals surface area contributed by atoms with Gasteiger partial charge in [0.1, 0.15) is 0 Å². The Morgan fingerprint density at radius 1 is 1.03 bits per heavy atom. The number of hydrogen-bond donors (Lipinski definition) is 1. The lowest BCUT2D eigenvalue weighted by molar-refractivity contribution is -0.140. The first kappa shape index (κ1) is 24.7. The first-order valence-corrected chi connectivity index (χ1v) is 13.2. The monoisotopic (exact) mass is 477 g/mol. The van der Waals surface area contributed by atoms with Crippen LogP contribution in [0.15, 0.2) is 53.4 Å². The van der Waals surface area contributed by atoms with E-state index in [1.54, 1.807) is 24.3 Å². The molecular formula is C25H32ClNO4S. The number of methoxy groups -OCH3 is 1. The minimum atomic E-state index is -3.68. The summed E-state index contributed by atoms with van der Waals surface area (Å²) in [6, 6.07) is 14.1. The molecular weight excluding hydrogens is 446 g/mol. The summed E-state index contributed by atoms with van der Waals surface area (Å²) in [5, 5.41) is 0.507. The molecule has 0 aromatic heterocycles. The van der Waals surface area contributed by atoms with Gasteiger partial charge >= 0.3 is 5.97 Å². The summed E-state index contributed by atoms with van der Waals surface area (Å²) in [6.45, 7) is 0. The number of nitrogens with one attached hydrogen (secondary N) is 1. The minimum absolute atomic E-state index is 0.202. The Morgan fingerprint density at radius 3 is 2.25 bits per heavy atom. The van der Waals surface area contributed by atoms with Gasteiger partial charge in [0.05, 0.1) is 12.0 Å². The van der Waals surface area contributed by atoms with Crippen molar-refractivity contribution in [3.05, 3.63) is 64.7 Å². The van der Waals surface area contributed by atoms with Gasteiger partial charge in [-0.05, 0) is 67.0 Å². The van der Waals surface area contributed by atoms with Crippen molar-refractivity contribution in [2.24, 2.45) is 5.92 Å². The molecule has 0 spiro atoms. The molecule has 0 heterocycles. The predicted octanol–water partition coefficient (Wildman–Crippen LogP) is 5.83. The number of esters is 1. The molecule has 1 fully saturated rings. The molecule has 0 saturated heterocycles. The molecule has 3 rings (SSSR count). The highest BCUT2D eigenvalue weighted by atomic mass is 35.5. The topological polar surface area (TPSA) is 72.5 Å². The number of carbonyl (C=O) groups is 1. The Bertz CT molecular complexity index is 966. The third kappa shape index (κ3) is 7.06. The molecule has 1 atom stereocenters. The first-order chi connectivity index (χ1) is 15.4. The summed E-state index contributed by atoms with van der Waals surface area (Å²) in [5.74, 6) is 0.0522. The fourth-order valence-electron chi connectivity index (χ4n) is 4.36. The number of carbonyl (C=O) groups excluding carboxylic acids is 1. The average molecular weight is 478 g/mol. The number of benzene rings is 2. The molecule has 2 aromatic rings. The molecule has 174 valence electrons. The van der Waals surface area contributed by atoms with Gasteiger partial charge in [-0.2, -0.15) is 0 Å². The molecule has 7 heteroatoms. The van der Waals surface area contributed by atoms with Gasteiger partial charge in [0, 0.05) is 17.5 Å². The quantitative estimate of drug-likeness (QED) is 0.364. The van der Waals surface area contributed by atoms with E-state index in [1.165, 1.54) is 20.0 Å². The highest BCUT2D eigenvalue weighted by Crippen LogP contribution is 2.35. The maximum atomic E-state index is 13.2. The highest BCUT2D eigenvalue weighted by molar-refractivity contribution is 7.89. The molecule has 1 N–H and O–H groups in total. The summed E-state index contributed by atoms with van der Waals surface area (Å²) >= 11 is 5.94. The molecule has 1 aliphatic rings. The van der Waals surface area contributed by atoms with Crippen molar-refractivity contribution in [3.8, 4) is 0 Å². The highest BCUT2D eigenvalue weighted by Gasteiger charge is 2.29. The molecule has 32 heavy (non-hydrogen) atoms. The van der Waals surface area contributed by atoms with Crippen molar-refractivity contribution >= 4 is 27.6 Å². The van der Waals surface area contributed by atoms with Crippen molar-refractivity contribution in [2.75, 3.05) is 7.11 Å². The van der Waals surface area contributed by atoms with E-state index in [-0.39, 0.29) is 22.8 Å². The van der Waals surface area contributed by atoms with Gasteiger partial charge in [-0.3, -0.25) is 4.79 Å². The van der Waals surface area contributed by atoms with Crippen LogP contribution in [-0.2, 0) is 26.0 Å². The molecule has 0 bridgehead atoms. The van der Waals surface area contributed by atoms with E-state index < -0.39 is 10.0 Å². The zero-order valence-corrected chi connectivity index (χ0v) is 20.1. The van der Waals surface area contributed by atoms with Gasteiger partial charge in [-0.25, -0.2) is 13.1 Å². The molecule has 5 nitrogen and oxygen atoms in total. The standard InChI is InChI=1S/C25H32ClNO4S/c1-31-24(28)10-6-7-19-11-13-21(14-12-19)25(20-8-4-2-3-5-9-20)27-32(29,30)23-17-15-22(26)16-18-23/h11-18,20,25,27H,2-10H2,1H3. The normalized spacial score (nSPS) is 16.3. The zero-order valence-electron chi connectivity index (χ0n) is 18.6. The van der Waals surface area contributed by atoms with Gasteiger partial charge in [-0.15, -0.1) is 0 Å². The van der Waals surface area contributed by atoms with E-state index in [0.717, 1.165) is 49.7 Å². The van der Waals surface area contributed by atoms with Crippen molar-refractivity contribution in [3.63, 3.8) is 0 Å². The summed E-state index contributed by atoms with van der Waals surface area (Å²) in [4.78, 5) is 11.5. The molecule has 0 radical (unpaired) electrons. The van der Waals surface area contributed by atoms with Crippen LogP contribution in [0.3, 0.4) is 0 Å². The average Bonchev–Trinajstić information content (AvgIpc) is 3.08. The Hall–Kier alpha value is -1.89. The van der Waals surface area contributed by atoms with Gasteiger partial charge in [0.2, 0.25) is 10.0 Å². The van der Waals surface area contributed by atoms with Crippen LogP contribution in [-0.4, -0.2) is 21.5 Å². The molecule has 0 amide bonds. The molecule has 1 unspecified atom stereocenters. The van der Waals surface area contributed by atoms with Crippen LogP contribution in [0.5, 0.6) is 0 Å². The lowest BCUT2D eigenvalue weighted by atomic mass is 9.87. The lowest BCUT2D eigenvalue weighted by Crippen LogP contribution is -2.33. The first-order valence-electron chi connectivity index (χ1n) is 11.3. The maximum Gasteiger partial charge on any atom is 0.305 e. The van der Waals surface area contributed by atoms with Crippen molar-refractivity contribution < 1.29 is 17.9 Å². The molecule has 0 aliphatic heterocycles. The zero-order chi connectivity index (χ0) is 23.0. The number of hydrogen-bond acceptors (Lipinski definition) is 4. The van der Waals surface area contributed by atoms with Crippen LogP contribution < -0.4 is 4.72 Å². The van der Waals surface area contributed by atoms with Crippen molar-refractivity contribution in [1.82, 2.24) is 4.72 Å². The van der Waals surface area contributed by atoms with Crippen LogP contribution >= 0.6 is 11.6 Å². The predicted molar refractivity (Wildman–Crippen MR) is 127 cm³/mol. The van der Waals surface area contributed by atoms with Gasteiger partial charge in [0.15, 0.2) is 0 Å². The van der Waals surface area contributed by atoms with Gasteiger partial charge in [-0.1, -0.05) is 61.5 Å². The second-order valence-corrected chi connectivity index (χ2v) is 10.6. The van der Waals surface area contributed by atoms with Crippen LogP contribution in [0.25, 0.3) is 0 Å². The van der Waals surface area contributed by atoms with Crippen LogP contribution in [0.2, 0.25) is 5.02 Å². The molecule has 1 aliphatic carbocycles. The summed E-state index contributed by atoms with van der Waals surface area (Å²) in [7, 11) is -2.28. The van der Waals surface area contributed by atoms with E-state index in [1.807, 2.05) is 24.3 Å². The van der Waals surface area contributed by atoms with Crippen LogP contribution in [0, 0.1) is 5.92 Å². The number of aryl methyl sites for hydroxylation is 1. The number of rotatable bonds is 9. The number of halogens is 1. The fraction of sp³-hybridized carbons (Fsp3) is 0.480. The van der Waals surface area contributed by atoms with Crippen LogP contribution in [0.1, 0.15) is 68.5 Å². The Labute approximate surface area is 196 Å². The third-order valence-corrected chi connectivity index (χ3v) is 7.90. The number of ether oxygens (including phenoxy) is 1. The summed E-state index contributed by atoms with van der Waals surface area (Å²) in [5.41, 5.74) is 2.10. The van der Waals surface area contributed by atoms with E-state index in [2.05, 4.69) is 4.72 Å². The van der Waals surface area contributed by atoms with E-state index >= 15 is 0 Å². The molecule has 1 saturated carbocycles. The fourth-order valence-corrected chi connectivity index (χ4v) is 5.78. The summed E-state index contributed by atoms with van der Waals surface area (Å²) in [6.07, 6.45) is 8.55. The second kappa shape index (κ2) is 11.8. The van der Waals surface area contributed by atoms with E-state index in [4.69, 9.17) is 16.3 Å². The Kier molecular flexibility index (Phi) is 9.14. The SMILES string of the molecule is COC(=O)CCCc1ccc(C(NS(=O)(=O)c2ccc(Cl)cc2)C2CCCCCC2)cc1. The Balaban J connectivity index is 1.79. The minimum Gasteiger partial charge on any atom is -0.469 e. The van der Waals surface area contributed by atoms with Gasteiger partial charge in [0.25, 0.3) is 0 Å². The second-order valence-electron chi connectivity index (χ2n) is 8.48. The smallest absolute Gasteiger partial charge is 0.305 e.